The molecule has 15 heavy (non-hydrogen) atoms. The maximum Gasteiger partial charge on any atom is 0.307 e. The zero-order chi connectivity index (χ0) is 11.7. The SMILES string of the molecule is CCCC[C@@H](CC)C/C=C(/C)OC(C)=O. The van der Waals surface area contributed by atoms with Crippen molar-refractivity contribution in [1.82, 2.24) is 0 Å². The number of carbonyl (C=O) groups is 1. The van der Waals surface area contributed by atoms with Crippen LogP contribution in [0.25, 0.3) is 0 Å². The molecule has 0 fully saturated rings. The molecule has 88 valence electrons. The first-order valence-corrected chi connectivity index (χ1v) is 5.95. The number of ether oxygens (including phenoxy) is 1. The van der Waals surface area contributed by atoms with E-state index in [1.807, 2.05) is 13.0 Å². The number of allylic oxidation sites excluding steroid dienone is 2. The molecule has 0 saturated heterocycles. The van der Waals surface area contributed by atoms with E-state index in [-0.39, 0.29) is 5.97 Å². The second kappa shape index (κ2) is 8.51. The van der Waals surface area contributed by atoms with Crippen molar-refractivity contribution in [2.45, 2.75) is 59.8 Å². The van der Waals surface area contributed by atoms with E-state index >= 15 is 0 Å². The van der Waals surface area contributed by atoms with Gasteiger partial charge in [0.25, 0.3) is 0 Å². The third-order valence-corrected chi connectivity index (χ3v) is 2.59. The molecule has 0 aromatic carbocycles. The lowest BCUT2D eigenvalue weighted by atomic mass is 9.96. The zero-order valence-electron chi connectivity index (χ0n) is 10.5. The number of hydrogen-bond donors (Lipinski definition) is 0. The predicted octanol–water partition coefficient (Wildman–Crippen LogP) is 4.06. The molecule has 2 heteroatoms. The number of hydrogen-bond acceptors (Lipinski definition) is 2. The largest absolute Gasteiger partial charge is 0.432 e. The fourth-order valence-corrected chi connectivity index (χ4v) is 1.58. The minimum absolute atomic E-state index is 0.231. The maximum atomic E-state index is 10.7. The van der Waals surface area contributed by atoms with Crippen LogP contribution in [0.1, 0.15) is 59.8 Å². The van der Waals surface area contributed by atoms with Gasteiger partial charge in [-0.15, -0.1) is 0 Å². The average Bonchev–Trinajstić information content (AvgIpc) is 2.17. The molecule has 0 aromatic rings. The molecule has 0 spiro atoms. The summed E-state index contributed by atoms with van der Waals surface area (Å²) in [7, 11) is 0. The minimum Gasteiger partial charge on any atom is -0.432 e. The lowest BCUT2D eigenvalue weighted by Gasteiger charge is -2.12. The van der Waals surface area contributed by atoms with Crippen LogP contribution in [0, 0.1) is 5.92 Å². The minimum atomic E-state index is -0.231. The van der Waals surface area contributed by atoms with Gasteiger partial charge in [-0.25, -0.2) is 0 Å². The highest BCUT2D eigenvalue weighted by molar-refractivity contribution is 5.67. The van der Waals surface area contributed by atoms with Crippen LogP contribution in [0.3, 0.4) is 0 Å². The summed E-state index contributed by atoms with van der Waals surface area (Å²) in [5, 5.41) is 0. The fraction of sp³-hybridized carbons (Fsp3) is 0.769. The Labute approximate surface area is 93.7 Å². The second-order valence-electron chi connectivity index (χ2n) is 4.06. The first-order chi connectivity index (χ1) is 7.10. The number of rotatable bonds is 7. The fourth-order valence-electron chi connectivity index (χ4n) is 1.58. The molecule has 0 rings (SSSR count). The van der Waals surface area contributed by atoms with Gasteiger partial charge < -0.3 is 4.74 Å². The molecule has 0 saturated carbocycles. The van der Waals surface area contributed by atoms with E-state index in [2.05, 4.69) is 13.8 Å². The van der Waals surface area contributed by atoms with Crippen molar-refractivity contribution in [1.29, 1.82) is 0 Å². The molecule has 0 aliphatic carbocycles. The Morgan fingerprint density at radius 1 is 1.33 bits per heavy atom. The van der Waals surface area contributed by atoms with Gasteiger partial charge in [0.15, 0.2) is 0 Å². The highest BCUT2D eigenvalue weighted by Crippen LogP contribution is 2.18. The van der Waals surface area contributed by atoms with E-state index in [0.29, 0.717) is 0 Å². The normalized spacial score (nSPS) is 13.7. The standard InChI is InChI=1S/C13H24O2/c1-5-7-8-13(6-2)10-9-11(3)15-12(4)14/h9,13H,5-8,10H2,1-4H3/b11-9-/t13-/m1/s1. The lowest BCUT2D eigenvalue weighted by molar-refractivity contribution is -0.136. The molecule has 0 N–H and O–H groups in total. The summed E-state index contributed by atoms with van der Waals surface area (Å²) in [4.78, 5) is 10.7. The molecule has 0 radical (unpaired) electrons. The van der Waals surface area contributed by atoms with E-state index in [1.165, 1.54) is 32.6 Å². The van der Waals surface area contributed by atoms with Gasteiger partial charge in [0.05, 0.1) is 0 Å². The Morgan fingerprint density at radius 2 is 2.00 bits per heavy atom. The Hall–Kier alpha value is -0.790. The van der Waals surface area contributed by atoms with Gasteiger partial charge in [0, 0.05) is 6.92 Å². The smallest absolute Gasteiger partial charge is 0.307 e. The summed E-state index contributed by atoms with van der Waals surface area (Å²) >= 11 is 0. The summed E-state index contributed by atoms with van der Waals surface area (Å²) < 4.78 is 4.97. The molecule has 2 nitrogen and oxygen atoms in total. The Morgan fingerprint density at radius 3 is 2.47 bits per heavy atom. The quantitative estimate of drug-likeness (QED) is 0.470. The van der Waals surface area contributed by atoms with Crippen LogP contribution >= 0.6 is 0 Å². The number of esters is 1. The van der Waals surface area contributed by atoms with Crippen LogP contribution < -0.4 is 0 Å². The van der Waals surface area contributed by atoms with Gasteiger partial charge in [-0.2, -0.15) is 0 Å². The van der Waals surface area contributed by atoms with Crippen molar-refractivity contribution in [3.8, 4) is 0 Å². The highest BCUT2D eigenvalue weighted by Gasteiger charge is 2.04. The van der Waals surface area contributed by atoms with Crippen LogP contribution in [0.15, 0.2) is 11.8 Å². The molecule has 0 aliphatic rings. The topological polar surface area (TPSA) is 26.3 Å². The summed E-state index contributed by atoms with van der Waals surface area (Å²) in [6, 6.07) is 0. The summed E-state index contributed by atoms with van der Waals surface area (Å²) in [6.07, 6.45) is 8.07. The monoisotopic (exact) mass is 212 g/mol. The van der Waals surface area contributed by atoms with Gasteiger partial charge in [-0.3, -0.25) is 4.79 Å². The third-order valence-electron chi connectivity index (χ3n) is 2.59. The molecular formula is C13H24O2. The first-order valence-electron chi connectivity index (χ1n) is 5.95. The molecule has 0 aromatic heterocycles. The summed E-state index contributed by atoms with van der Waals surface area (Å²) in [6.45, 7) is 7.71. The Kier molecular flexibility index (Phi) is 8.06. The summed E-state index contributed by atoms with van der Waals surface area (Å²) in [5.74, 6) is 1.23. The highest BCUT2D eigenvalue weighted by atomic mass is 16.5. The molecule has 0 heterocycles. The van der Waals surface area contributed by atoms with Crippen LogP contribution in [0.4, 0.5) is 0 Å². The van der Waals surface area contributed by atoms with Crippen molar-refractivity contribution in [2.75, 3.05) is 0 Å². The molecule has 0 aliphatic heterocycles. The van der Waals surface area contributed by atoms with Crippen molar-refractivity contribution in [3.63, 3.8) is 0 Å². The average molecular weight is 212 g/mol. The van der Waals surface area contributed by atoms with E-state index in [9.17, 15) is 4.79 Å². The van der Waals surface area contributed by atoms with Crippen molar-refractivity contribution >= 4 is 5.97 Å². The number of unbranched alkanes of at least 4 members (excludes halogenated alkanes) is 1. The zero-order valence-corrected chi connectivity index (χ0v) is 10.5. The van der Waals surface area contributed by atoms with Crippen LogP contribution in [0.5, 0.6) is 0 Å². The van der Waals surface area contributed by atoms with Gasteiger partial charge in [-0.05, 0) is 25.3 Å². The van der Waals surface area contributed by atoms with Crippen molar-refractivity contribution in [2.24, 2.45) is 5.92 Å². The van der Waals surface area contributed by atoms with Crippen molar-refractivity contribution in [3.05, 3.63) is 11.8 Å². The third kappa shape index (κ3) is 8.22. The molecule has 0 unspecified atom stereocenters. The molecule has 1 atom stereocenters. The van der Waals surface area contributed by atoms with Crippen LogP contribution in [-0.4, -0.2) is 5.97 Å². The van der Waals surface area contributed by atoms with Gasteiger partial charge >= 0.3 is 5.97 Å². The van der Waals surface area contributed by atoms with Gasteiger partial charge in [0.2, 0.25) is 0 Å². The van der Waals surface area contributed by atoms with E-state index in [4.69, 9.17) is 4.74 Å². The first kappa shape index (κ1) is 14.2. The summed E-state index contributed by atoms with van der Waals surface area (Å²) in [5.41, 5.74) is 0. The predicted molar refractivity (Wildman–Crippen MR) is 63.4 cm³/mol. The van der Waals surface area contributed by atoms with E-state index in [1.54, 1.807) is 0 Å². The molecule has 0 bridgehead atoms. The van der Waals surface area contributed by atoms with Gasteiger partial charge in [-0.1, -0.05) is 39.5 Å². The van der Waals surface area contributed by atoms with E-state index < -0.39 is 0 Å². The Balaban J connectivity index is 3.90. The van der Waals surface area contributed by atoms with E-state index in [0.717, 1.165) is 18.1 Å². The van der Waals surface area contributed by atoms with Crippen molar-refractivity contribution < 1.29 is 9.53 Å². The molecule has 0 amide bonds. The second-order valence-corrected chi connectivity index (χ2v) is 4.06. The van der Waals surface area contributed by atoms with Crippen LogP contribution in [0.2, 0.25) is 0 Å². The van der Waals surface area contributed by atoms with Gasteiger partial charge in [0.1, 0.15) is 5.76 Å². The lowest BCUT2D eigenvalue weighted by Crippen LogP contribution is -2.00. The van der Waals surface area contributed by atoms with Crippen LogP contribution in [-0.2, 0) is 9.53 Å². The number of carbonyl (C=O) groups excluding carboxylic acids is 1. The molecular weight excluding hydrogens is 188 g/mol. The Bertz CT molecular complexity index is 207. The maximum absolute atomic E-state index is 10.7.